The van der Waals surface area contributed by atoms with E-state index in [2.05, 4.69) is 5.32 Å². The van der Waals surface area contributed by atoms with Crippen molar-refractivity contribution in [3.63, 3.8) is 0 Å². The van der Waals surface area contributed by atoms with Crippen molar-refractivity contribution in [2.45, 2.75) is 19.4 Å². The minimum atomic E-state index is -0.567. The maximum atomic E-state index is 13.7. The summed E-state index contributed by atoms with van der Waals surface area (Å²) < 4.78 is 32.0. The number of nitrogens with one attached hydrogen (secondary N) is 1. The minimum Gasteiger partial charge on any atom is -0.496 e. The zero-order valence-corrected chi connectivity index (χ0v) is 9.67. The Kier molecular flexibility index (Phi) is 3.74. The molecule has 2 rings (SSSR count). The Morgan fingerprint density at radius 2 is 2.24 bits per heavy atom. The Balaban J connectivity index is 2.31. The molecule has 4 heteroatoms. The van der Waals surface area contributed by atoms with Gasteiger partial charge in [-0.2, -0.15) is 0 Å². The molecule has 0 aliphatic carbocycles. The highest BCUT2D eigenvalue weighted by Gasteiger charge is 2.22. The van der Waals surface area contributed by atoms with Crippen molar-refractivity contribution in [2.24, 2.45) is 0 Å². The molecule has 1 heterocycles. The lowest BCUT2D eigenvalue weighted by atomic mass is 10.0. The third-order valence-electron chi connectivity index (χ3n) is 2.70. The third kappa shape index (κ3) is 2.64. The largest absolute Gasteiger partial charge is 0.496 e. The fourth-order valence-electron chi connectivity index (χ4n) is 1.94. The lowest BCUT2D eigenvalue weighted by molar-refractivity contribution is 0.214. The Bertz CT molecular complexity index is 431. The van der Waals surface area contributed by atoms with E-state index in [1.807, 2.05) is 13.0 Å². The molecular weight excluding hydrogens is 224 g/mol. The summed E-state index contributed by atoms with van der Waals surface area (Å²) in [5.41, 5.74) is 0.418. The molecule has 0 fully saturated rings. The van der Waals surface area contributed by atoms with Crippen molar-refractivity contribution in [2.75, 3.05) is 13.2 Å². The zero-order chi connectivity index (χ0) is 12.3. The molecule has 1 aliphatic rings. The first-order valence-corrected chi connectivity index (χ1v) is 5.73. The zero-order valence-electron chi connectivity index (χ0n) is 9.67. The number of likely N-dealkylation sites (N-methyl/N-ethyl adjacent to an activating group) is 1. The van der Waals surface area contributed by atoms with E-state index in [1.165, 1.54) is 12.1 Å². The predicted octanol–water partition coefficient (Wildman–Crippen LogP) is 2.92. The monoisotopic (exact) mass is 239 g/mol. The van der Waals surface area contributed by atoms with Gasteiger partial charge < -0.3 is 10.1 Å². The van der Waals surface area contributed by atoms with E-state index in [9.17, 15) is 8.78 Å². The van der Waals surface area contributed by atoms with Gasteiger partial charge in [-0.05, 0) is 18.7 Å². The summed E-state index contributed by atoms with van der Waals surface area (Å²) in [6.45, 7) is 3.24. The van der Waals surface area contributed by atoms with Crippen molar-refractivity contribution >= 4 is 0 Å². The van der Waals surface area contributed by atoms with Gasteiger partial charge in [-0.3, -0.25) is 0 Å². The molecule has 0 saturated heterocycles. The normalized spacial score (nSPS) is 16.5. The van der Waals surface area contributed by atoms with Gasteiger partial charge in [0.1, 0.15) is 17.4 Å². The Hall–Kier alpha value is -1.42. The molecule has 1 aromatic carbocycles. The van der Waals surface area contributed by atoms with Crippen LogP contribution in [0.3, 0.4) is 0 Å². The average Bonchev–Trinajstić information content (AvgIpc) is 2.80. The molecule has 1 unspecified atom stereocenters. The van der Waals surface area contributed by atoms with Crippen LogP contribution in [0.1, 0.15) is 24.9 Å². The fraction of sp³-hybridized carbons (Fsp3) is 0.385. The van der Waals surface area contributed by atoms with E-state index in [4.69, 9.17) is 4.74 Å². The molecule has 1 atom stereocenters. The molecule has 1 N–H and O–H groups in total. The van der Waals surface area contributed by atoms with E-state index < -0.39 is 11.6 Å². The van der Waals surface area contributed by atoms with Crippen LogP contribution in [0.25, 0.3) is 0 Å². The summed E-state index contributed by atoms with van der Waals surface area (Å²) in [6, 6.07) is 3.29. The first-order chi connectivity index (χ1) is 8.22. The van der Waals surface area contributed by atoms with Gasteiger partial charge in [0.05, 0.1) is 12.6 Å². The van der Waals surface area contributed by atoms with Crippen molar-refractivity contribution in [3.8, 4) is 0 Å². The van der Waals surface area contributed by atoms with Crippen LogP contribution in [0.4, 0.5) is 8.78 Å². The molecule has 2 nitrogen and oxygen atoms in total. The molecule has 1 aliphatic heterocycles. The van der Waals surface area contributed by atoms with Crippen LogP contribution in [-0.4, -0.2) is 13.2 Å². The molecule has 0 amide bonds. The molecule has 17 heavy (non-hydrogen) atoms. The lowest BCUT2D eigenvalue weighted by Gasteiger charge is -2.20. The highest BCUT2D eigenvalue weighted by atomic mass is 19.1. The van der Waals surface area contributed by atoms with Gasteiger partial charge in [0.25, 0.3) is 0 Å². The first-order valence-electron chi connectivity index (χ1n) is 5.73. The summed E-state index contributed by atoms with van der Waals surface area (Å²) in [6.07, 6.45) is 2.77. The summed E-state index contributed by atoms with van der Waals surface area (Å²) in [4.78, 5) is 0. The van der Waals surface area contributed by atoms with Crippen LogP contribution in [0.5, 0.6) is 0 Å². The average molecular weight is 239 g/mol. The minimum absolute atomic E-state index is 0.330. The number of benzene rings is 1. The van der Waals surface area contributed by atoms with E-state index in [1.54, 1.807) is 0 Å². The second kappa shape index (κ2) is 5.27. The molecule has 0 radical (unpaired) electrons. The van der Waals surface area contributed by atoms with Gasteiger partial charge in [0, 0.05) is 18.1 Å². The molecular formula is C13H15F2NO. The van der Waals surface area contributed by atoms with Gasteiger partial charge >= 0.3 is 0 Å². The summed E-state index contributed by atoms with van der Waals surface area (Å²) in [5.74, 6) is -0.396. The Morgan fingerprint density at radius 3 is 2.82 bits per heavy atom. The molecule has 0 bridgehead atoms. The molecule has 0 aromatic heterocycles. The summed E-state index contributed by atoms with van der Waals surface area (Å²) in [7, 11) is 0. The number of ether oxygens (including phenoxy) is 1. The Labute approximate surface area is 99.3 Å². The van der Waals surface area contributed by atoms with Gasteiger partial charge in [-0.15, -0.1) is 0 Å². The quantitative estimate of drug-likeness (QED) is 0.872. The highest BCUT2D eigenvalue weighted by Crippen LogP contribution is 2.28. The molecule has 1 aromatic rings. The third-order valence-corrected chi connectivity index (χ3v) is 2.70. The maximum Gasteiger partial charge on any atom is 0.131 e. The van der Waals surface area contributed by atoms with Crippen LogP contribution >= 0.6 is 0 Å². The van der Waals surface area contributed by atoms with E-state index in [-0.39, 0.29) is 6.04 Å². The van der Waals surface area contributed by atoms with Crippen LogP contribution in [0.15, 0.2) is 30.0 Å². The smallest absolute Gasteiger partial charge is 0.131 e. The van der Waals surface area contributed by atoms with Crippen molar-refractivity contribution in [1.82, 2.24) is 5.32 Å². The van der Waals surface area contributed by atoms with Crippen LogP contribution in [0.2, 0.25) is 0 Å². The fourth-order valence-corrected chi connectivity index (χ4v) is 1.94. The van der Waals surface area contributed by atoms with Gasteiger partial charge in [0.2, 0.25) is 0 Å². The van der Waals surface area contributed by atoms with Crippen molar-refractivity contribution in [3.05, 3.63) is 47.2 Å². The SMILES string of the molecule is CCNC(C1=CCCO1)c1ccc(F)cc1F. The number of rotatable bonds is 4. The van der Waals surface area contributed by atoms with Crippen molar-refractivity contribution in [1.29, 1.82) is 0 Å². The van der Waals surface area contributed by atoms with Gasteiger partial charge in [-0.1, -0.05) is 13.0 Å². The summed E-state index contributed by atoms with van der Waals surface area (Å²) >= 11 is 0. The lowest BCUT2D eigenvalue weighted by Crippen LogP contribution is -2.24. The molecule has 92 valence electrons. The highest BCUT2D eigenvalue weighted by molar-refractivity contribution is 5.28. The maximum absolute atomic E-state index is 13.7. The number of hydrogen-bond acceptors (Lipinski definition) is 2. The van der Waals surface area contributed by atoms with E-state index in [0.717, 1.165) is 18.2 Å². The second-order valence-electron chi connectivity index (χ2n) is 3.90. The van der Waals surface area contributed by atoms with E-state index >= 15 is 0 Å². The van der Waals surface area contributed by atoms with Crippen LogP contribution < -0.4 is 5.32 Å². The van der Waals surface area contributed by atoms with Crippen LogP contribution in [0, 0.1) is 11.6 Å². The molecule has 0 saturated carbocycles. The van der Waals surface area contributed by atoms with Crippen LogP contribution in [-0.2, 0) is 4.74 Å². The standard InChI is InChI=1S/C13H15F2NO/c1-2-16-13(12-4-3-7-17-12)10-6-5-9(14)8-11(10)15/h4-6,8,13,16H,2-3,7H2,1H3. The second-order valence-corrected chi connectivity index (χ2v) is 3.90. The number of hydrogen-bond donors (Lipinski definition) is 1. The van der Waals surface area contributed by atoms with E-state index in [0.29, 0.717) is 18.7 Å². The van der Waals surface area contributed by atoms with Gasteiger partial charge in [-0.25, -0.2) is 8.78 Å². The topological polar surface area (TPSA) is 21.3 Å². The van der Waals surface area contributed by atoms with Crippen molar-refractivity contribution < 1.29 is 13.5 Å². The first kappa shape index (κ1) is 12.0. The number of halogens is 2. The predicted molar refractivity (Wildman–Crippen MR) is 61.4 cm³/mol. The van der Waals surface area contributed by atoms with Gasteiger partial charge in [0.15, 0.2) is 0 Å². The summed E-state index contributed by atoms with van der Waals surface area (Å²) in [5, 5.41) is 3.15. The molecule has 0 spiro atoms. The Morgan fingerprint density at radius 1 is 1.41 bits per heavy atom.